The van der Waals surface area contributed by atoms with E-state index in [1.54, 1.807) is 69.0 Å². The van der Waals surface area contributed by atoms with Crippen LogP contribution < -0.4 is 23.8 Å². The summed E-state index contributed by atoms with van der Waals surface area (Å²) < 4.78 is 29.5. The molecule has 3 amide bonds. The van der Waals surface area contributed by atoms with Crippen LogP contribution in [0.2, 0.25) is 0 Å². The van der Waals surface area contributed by atoms with Gasteiger partial charge in [0.25, 0.3) is 11.8 Å². The highest BCUT2D eigenvalue weighted by Crippen LogP contribution is 2.43. The molecule has 0 saturated carbocycles. The minimum atomic E-state index is -1.40. The van der Waals surface area contributed by atoms with E-state index in [9.17, 15) is 19.5 Å². The second-order valence-electron chi connectivity index (χ2n) is 16.2. The summed E-state index contributed by atoms with van der Waals surface area (Å²) in [6.07, 6.45) is 2.74. The number of methoxy groups -OCH3 is 2. The molecule has 0 radical (unpaired) electrons. The topological polar surface area (TPSA) is 140 Å². The Labute approximate surface area is 359 Å². The lowest BCUT2D eigenvalue weighted by Crippen LogP contribution is -2.50. The molecule has 3 aromatic carbocycles. The first-order valence-corrected chi connectivity index (χ1v) is 22.2. The fourth-order valence-electron chi connectivity index (χ4n) is 7.56. The predicted octanol–water partition coefficient (Wildman–Crippen LogP) is 8.60. The molecule has 13 nitrogen and oxygen atoms in total. The van der Waals surface area contributed by atoms with E-state index in [1.807, 2.05) is 24.3 Å². The van der Waals surface area contributed by atoms with Crippen molar-refractivity contribution in [2.45, 2.75) is 87.4 Å². The van der Waals surface area contributed by atoms with E-state index in [0.717, 1.165) is 32.9 Å². The number of anilines is 1. The van der Waals surface area contributed by atoms with E-state index in [-0.39, 0.29) is 47.0 Å². The molecule has 4 aliphatic heterocycles. The van der Waals surface area contributed by atoms with Crippen molar-refractivity contribution < 1.29 is 43.2 Å². The summed E-state index contributed by atoms with van der Waals surface area (Å²) in [5.41, 5.74) is 3.92. The number of aliphatic hydroxyl groups excluding tert-OH is 1. The highest BCUT2D eigenvalue weighted by Gasteiger charge is 2.46. The van der Waals surface area contributed by atoms with Crippen molar-refractivity contribution in [3.05, 3.63) is 89.5 Å². The number of carbonyl (C=O) groups excluding carboxylic acids is 3. The monoisotopic (exact) mass is 856 g/mol. The average Bonchev–Trinajstić information content (AvgIpc) is 3.76. The zero-order chi connectivity index (χ0) is 42.7. The molecule has 2 fully saturated rings. The SMILES string of the molecule is C=C1C[C@H]2C=Nc3cc(OCCCCCOc4cc5c(cc4OC)C(=O)N4CC(=C)C[C@H]4C(O)N5C(=O)OCc4ccc(SSC(C)(C)C)cc4)c(OC)cc3C(=O)N2C1. The largest absolute Gasteiger partial charge is 0.493 e. The molecule has 4 aliphatic rings. The molecule has 15 heteroatoms. The highest BCUT2D eigenvalue weighted by atomic mass is 33.1. The minimum Gasteiger partial charge on any atom is -0.493 e. The number of amides is 3. The van der Waals surface area contributed by atoms with E-state index in [2.05, 4.69) is 38.9 Å². The standard InChI is InChI=1S/C45H52N4O9S2/c1-27-17-30-23-46-34-21-39(37(54-6)19-32(34)41(50)47(30)24-27)56-15-9-8-10-16-57-40-22-35-33(20-38(40)55-7)42(51)48-25-28(2)18-36(48)43(52)49(35)44(53)58-26-29-11-13-31(14-12-29)59-60-45(3,4)5/h11-14,19-23,30,36,43,52H,1-2,8-10,15-18,24-26H2,3-7H3/t30-,36-,43?/m0/s1. The fraction of sp³-hybridized carbons (Fsp3) is 0.422. The van der Waals surface area contributed by atoms with E-state index in [4.69, 9.17) is 23.7 Å². The van der Waals surface area contributed by atoms with Gasteiger partial charge in [-0.15, -0.1) is 0 Å². The quantitative estimate of drug-likeness (QED) is 0.0948. The molecule has 3 aromatic rings. The average molecular weight is 857 g/mol. The van der Waals surface area contributed by atoms with Crippen LogP contribution in [-0.2, 0) is 11.3 Å². The Morgan fingerprint density at radius 1 is 0.833 bits per heavy atom. The third kappa shape index (κ3) is 9.43. The molecule has 0 aliphatic carbocycles. The van der Waals surface area contributed by atoms with Gasteiger partial charge in [-0.2, -0.15) is 0 Å². The van der Waals surface area contributed by atoms with Crippen LogP contribution in [-0.4, -0.2) is 103 Å². The molecule has 1 N–H and O–H groups in total. The molecular formula is C45H52N4O9S2. The van der Waals surface area contributed by atoms with Crippen LogP contribution in [0.15, 0.2) is 82.7 Å². The van der Waals surface area contributed by atoms with Crippen LogP contribution in [0.4, 0.5) is 16.2 Å². The maximum absolute atomic E-state index is 14.0. The second-order valence-corrected chi connectivity index (χ2v) is 19.3. The van der Waals surface area contributed by atoms with Crippen LogP contribution in [0, 0.1) is 0 Å². The van der Waals surface area contributed by atoms with Crippen molar-refractivity contribution in [3.8, 4) is 23.0 Å². The lowest BCUT2D eigenvalue weighted by atomic mass is 10.1. The van der Waals surface area contributed by atoms with Gasteiger partial charge in [0, 0.05) is 41.1 Å². The number of benzene rings is 3. The molecule has 318 valence electrons. The van der Waals surface area contributed by atoms with Crippen molar-refractivity contribution in [2.24, 2.45) is 4.99 Å². The van der Waals surface area contributed by atoms with Crippen molar-refractivity contribution in [1.29, 1.82) is 0 Å². The summed E-state index contributed by atoms with van der Waals surface area (Å²) in [5.74, 6) is 1.13. The first-order valence-electron chi connectivity index (χ1n) is 20.0. The summed E-state index contributed by atoms with van der Waals surface area (Å²) in [6.45, 7) is 16.0. The van der Waals surface area contributed by atoms with Gasteiger partial charge in [-0.25, -0.2) is 9.69 Å². The normalized spacial score (nSPS) is 19.6. The van der Waals surface area contributed by atoms with E-state index >= 15 is 0 Å². The summed E-state index contributed by atoms with van der Waals surface area (Å²) in [7, 11) is 6.48. The molecule has 4 heterocycles. The molecule has 2 saturated heterocycles. The number of ether oxygens (including phenoxy) is 5. The Bertz CT molecular complexity index is 2190. The van der Waals surface area contributed by atoms with Crippen molar-refractivity contribution in [3.63, 3.8) is 0 Å². The molecule has 0 aromatic heterocycles. The Kier molecular flexibility index (Phi) is 13.1. The molecular weight excluding hydrogens is 805 g/mol. The van der Waals surface area contributed by atoms with Gasteiger partial charge in [-0.1, -0.05) is 78.8 Å². The number of aliphatic hydroxyl groups is 1. The summed E-state index contributed by atoms with van der Waals surface area (Å²) in [4.78, 5) is 51.4. The maximum Gasteiger partial charge on any atom is 0.416 e. The Hall–Kier alpha value is -5.12. The number of nitrogens with zero attached hydrogens (tertiary/aromatic N) is 4. The van der Waals surface area contributed by atoms with Crippen molar-refractivity contribution in [2.75, 3.05) is 45.4 Å². The summed E-state index contributed by atoms with van der Waals surface area (Å²) in [5, 5.41) is 11.8. The lowest BCUT2D eigenvalue weighted by molar-refractivity contribution is 0.0485. The van der Waals surface area contributed by atoms with Gasteiger partial charge in [0.05, 0.1) is 62.0 Å². The number of aliphatic imine (C=N–C) groups is 1. The minimum absolute atomic E-state index is 0.0319. The lowest BCUT2D eigenvalue weighted by Gasteiger charge is -2.31. The summed E-state index contributed by atoms with van der Waals surface area (Å²) >= 11 is 0. The number of hydrogen-bond acceptors (Lipinski definition) is 12. The number of carbonyl (C=O) groups is 3. The van der Waals surface area contributed by atoms with Crippen LogP contribution in [0.3, 0.4) is 0 Å². The number of hydrogen-bond donors (Lipinski definition) is 1. The molecule has 0 bridgehead atoms. The number of rotatable bonds is 14. The second kappa shape index (κ2) is 18.2. The van der Waals surface area contributed by atoms with Crippen LogP contribution >= 0.6 is 21.6 Å². The molecule has 1 unspecified atom stereocenters. The third-order valence-electron chi connectivity index (χ3n) is 10.6. The number of fused-ring (bicyclic) bond motifs is 4. The van der Waals surface area contributed by atoms with Gasteiger partial charge in [-0.3, -0.25) is 14.6 Å². The zero-order valence-electron chi connectivity index (χ0n) is 34.7. The van der Waals surface area contributed by atoms with Crippen LogP contribution in [0.25, 0.3) is 0 Å². The van der Waals surface area contributed by atoms with Crippen molar-refractivity contribution in [1.82, 2.24) is 9.80 Å². The highest BCUT2D eigenvalue weighted by molar-refractivity contribution is 8.77. The Morgan fingerprint density at radius 2 is 1.45 bits per heavy atom. The van der Waals surface area contributed by atoms with E-state index < -0.39 is 18.4 Å². The molecule has 7 rings (SSSR count). The first-order chi connectivity index (χ1) is 28.7. The molecule has 60 heavy (non-hydrogen) atoms. The maximum atomic E-state index is 14.0. The van der Waals surface area contributed by atoms with E-state index in [0.29, 0.717) is 79.7 Å². The fourth-order valence-corrected chi connectivity index (χ4v) is 9.53. The van der Waals surface area contributed by atoms with Gasteiger partial charge >= 0.3 is 6.09 Å². The van der Waals surface area contributed by atoms with Crippen LogP contribution in [0.5, 0.6) is 23.0 Å². The van der Waals surface area contributed by atoms with Gasteiger partial charge < -0.3 is 38.6 Å². The third-order valence-corrected chi connectivity index (χ3v) is 13.9. The first kappa shape index (κ1) is 43.0. The number of unbranched alkanes of at least 4 members (excludes halogenated alkanes) is 2. The van der Waals surface area contributed by atoms with Gasteiger partial charge in [0.15, 0.2) is 29.2 Å². The molecule has 0 spiro atoms. The predicted molar refractivity (Wildman–Crippen MR) is 234 cm³/mol. The smallest absolute Gasteiger partial charge is 0.416 e. The van der Waals surface area contributed by atoms with Gasteiger partial charge in [-0.05, 0) is 61.9 Å². The summed E-state index contributed by atoms with van der Waals surface area (Å²) in [6, 6.07) is 13.5. The van der Waals surface area contributed by atoms with Gasteiger partial charge in [0.1, 0.15) is 6.61 Å². The van der Waals surface area contributed by atoms with Crippen molar-refractivity contribution >= 4 is 57.1 Å². The van der Waals surface area contributed by atoms with Crippen LogP contribution in [0.1, 0.15) is 79.2 Å². The Morgan fingerprint density at radius 3 is 2.12 bits per heavy atom. The molecule has 3 atom stereocenters. The van der Waals surface area contributed by atoms with Gasteiger partial charge in [0.2, 0.25) is 0 Å². The zero-order valence-corrected chi connectivity index (χ0v) is 36.4. The Balaban J connectivity index is 0.993. The van der Waals surface area contributed by atoms with E-state index in [1.165, 1.54) is 7.11 Å².